The number of aromatic nitrogens is 1. The van der Waals surface area contributed by atoms with Crippen molar-refractivity contribution < 1.29 is 5.11 Å². The van der Waals surface area contributed by atoms with E-state index in [1.54, 1.807) is 6.20 Å². The maximum atomic E-state index is 9.36. The van der Waals surface area contributed by atoms with Gasteiger partial charge in [0.1, 0.15) is 0 Å². The van der Waals surface area contributed by atoms with Crippen molar-refractivity contribution in [3.63, 3.8) is 0 Å². The zero-order valence-corrected chi connectivity index (χ0v) is 9.72. The normalized spacial score (nSPS) is 15.3. The standard InChI is InChI=1S/C12H20N2O/c1-4-10(9-15)12(14(2)3)11-6-5-7-13-8-11/h5-8,10,12,15H,4,9H2,1-3H3. The van der Waals surface area contributed by atoms with Crippen LogP contribution in [0.3, 0.4) is 0 Å². The first kappa shape index (κ1) is 12.1. The van der Waals surface area contributed by atoms with Gasteiger partial charge in [-0.15, -0.1) is 0 Å². The molecule has 1 heterocycles. The summed E-state index contributed by atoms with van der Waals surface area (Å²) in [6.07, 6.45) is 4.62. The number of hydrogen-bond acceptors (Lipinski definition) is 3. The Hall–Kier alpha value is -0.930. The summed E-state index contributed by atoms with van der Waals surface area (Å²) in [5.74, 6) is 0.268. The summed E-state index contributed by atoms with van der Waals surface area (Å²) < 4.78 is 0. The zero-order chi connectivity index (χ0) is 11.3. The molecule has 3 nitrogen and oxygen atoms in total. The lowest BCUT2D eigenvalue weighted by Crippen LogP contribution is -2.29. The van der Waals surface area contributed by atoms with E-state index in [1.807, 2.05) is 26.4 Å². The summed E-state index contributed by atoms with van der Waals surface area (Å²) in [5, 5.41) is 9.36. The van der Waals surface area contributed by atoms with Crippen molar-refractivity contribution in [2.24, 2.45) is 5.92 Å². The lowest BCUT2D eigenvalue weighted by molar-refractivity contribution is 0.130. The summed E-state index contributed by atoms with van der Waals surface area (Å²) in [7, 11) is 4.08. The fraction of sp³-hybridized carbons (Fsp3) is 0.583. The van der Waals surface area contributed by atoms with Gasteiger partial charge in [0, 0.05) is 31.0 Å². The topological polar surface area (TPSA) is 36.4 Å². The van der Waals surface area contributed by atoms with Crippen molar-refractivity contribution >= 4 is 0 Å². The van der Waals surface area contributed by atoms with Crippen molar-refractivity contribution in [1.29, 1.82) is 0 Å². The fourth-order valence-corrected chi connectivity index (χ4v) is 2.00. The third-order valence-corrected chi connectivity index (χ3v) is 2.79. The lowest BCUT2D eigenvalue weighted by atomic mass is 9.91. The van der Waals surface area contributed by atoms with Crippen LogP contribution in [0.5, 0.6) is 0 Å². The first-order valence-electron chi connectivity index (χ1n) is 5.37. The van der Waals surface area contributed by atoms with Crippen molar-refractivity contribution in [2.45, 2.75) is 19.4 Å². The molecule has 0 fully saturated rings. The minimum absolute atomic E-state index is 0.217. The maximum absolute atomic E-state index is 9.36. The molecule has 0 radical (unpaired) electrons. The van der Waals surface area contributed by atoms with Gasteiger partial charge in [-0.05, 0) is 32.1 Å². The second-order valence-corrected chi connectivity index (χ2v) is 4.05. The van der Waals surface area contributed by atoms with Gasteiger partial charge in [-0.3, -0.25) is 4.98 Å². The monoisotopic (exact) mass is 208 g/mol. The molecule has 2 atom stereocenters. The second-order valence-electron chi connectivity index (χ2n) is 4.05. The lowest BCUT2D eigenvalue weighted by Gasteiger charge is -2.30. The SMILES string of the molecule is CCC(CO)C(c1cccnc1)N(C)C. The van der Waals surface area contributed by atoms with Crippen LogP contribution in [0.4, 0.5) is 0 Å². The van der Waals surface area contributed by atoms with Crippen molar-refractivity contribution in [2.75, 3.05) is 20.7 Å². The van der Waals surface area contributed by atoms with Gasteiger partial charge in [0.25, 0.3) is 0 Å². The Labute approximate surface area is 91.8 Å². The van der Waals surface area contributed by atoms with Gasteiger partial charge in [0.2, 0.25) is 0 Å². The Balaban J connectivity index is 2.92. The van der Waals surface area contributed by atoms with Crippen LogP contribution >= 0.6 is 0 Å². The van der Waals surface area contributed by atoms with Crippen LogP contribution in [0, 0.1) is 5.92 Å². The third-order valence-electron chi connectivity index (χ3n) is 2.79. The van der Waals surface area contributed by atoms with E-state index in [9.17, 15) is 5.11 Å². The van der Waals surface area contributed by atoms with Gasteiger partial charge >= 0.3 is 0 Å². The minimum atomic E-state index is 0.217. The summed E-state index contributed by atoms with van der Waals surface area (Å²) in [4.78, 5) is 6.27. The molecule has 0 spiro atoms. The van der Waals surface area contributed by atoms with Crippen molar-refractivity contribution in [1.82, 2.24) is 9.88 Å². The summed E-state index contributed by atoms with van der Waals surface area (Å²) in [6.45, 7) is 2.32. The number of nitrogens with zero attached hydrogens (tertiary/aromatic N) is 2. The molecule has 0 saturated carbocycles. The number of aliphatic hydroxyl groups is 1. The molecule has 0 aromatic carbocycles. The van der Waals surface area contributed by atoms with E-state index in [0.717, 1.165) is 6.42 Å². The average molecular weight is 208 g/mol. The second kappa shape index (κ2) is 5.83. The first-order valence-corrected chi connectivity index (χ1v) is 5.37. The molecule has 1 aromatic heterocycles. The molecule has 2 unspecified atom stereocenters. The summed E-state index contributed by atoms with van der Waals surface area (Å²) in [5.41, 5.74) is 1.17. The van der Waals surface area contributed by atoms with E-state index >= 15 is 0 Å². The summed E-state index contributed by atoms with van der Waals surface area (Å²) >= 11 is 0. The molecule has 0 bridgehead atoms. The van der Waals surface area contributed by atoms with E-state index in [2.05, 4.69) is 22.9 Å². The highest BCUT2D eigenvalue weighted by Crippen LogP contribution is 2.27. The van der Waals surface area contributed by atoms with E-state index < -0.39 is 0 Å². The predicted octanol–water partition coefficient (Wildman–Crippen LogP) is 1.70. The van der Waals surface area contributed by atoms with Crippen molar-refractivity contribution in [3.8, 4) is 0 Å². The number of pyridine rings is 1. The van der Waals surface area contributed by atoms with E-state index in [1.165, 1.54) is 5.56 Å². The largest absolute Gasteiger partial charge is 0.396 e. The highest BCUT2D eigenvalue weighted by molar-refractivity contribution is 5.15. The van der Waals surface area contributed by atoms with E-state index in [0.29, 0.717) is 0 Å². The molecule has 1 aromatic rings. The Morgan fingerprint density at radius 3 is 2.60 bits per heavy atom. The van der Waals surface area contributed by atoms with Gasteiger partial charge in [0.05, 0.1) is 0 Å². The number of aliphatic hydroxyl groups excluding tert-OH is 1. The van der Waals surface area contributed by atoms with E-state index in [4.69, 9.17) is 0 Å². The van der Waals surface area contributed by atoms with Crippen LogP contribution in [0.2, 0.25) is 0 Å². The molecule has 0 amide bonds. The Morgan fingerprint density at radius 2 is 2.20 bits per heavy atom. The molecule has 3 heteroatoms. The molecule has 0 aliphatic carbocycles. The quantitative estimate of drug-likeness (QED) is 0.800. The van der Waals surface area contributed by atoms with Crippen LogP contribution in [0.1, 0.15) is 24.9 Å². The van der Waals surface area contributed by atoms with Gasteiger partial charge in [-0.2, -0.15) is 0 Å². The van der Waals surface area contributed by atoms with Crippen LogP contribution in [0.25, 0.3) is 0 Å². The van der Waals surface area contributed by atoms with Gasteiger partial charge in [-0.25, -0.2) is 0 Å². The van der Waals surface area contributed by atoms with Gasteiger partial charge in [0.15, 0.2) is 0 Å². The molecule has 0 aliphatic rings. The number of rotatable bonds is 5. The Morgan fingerprint density at radius 1 is 1.47 bits per heavy atom. The maximum Gasteiger partial charge on any atom is 0.0477 e. The molecule has 15 heavy (non-hydrogen) atoms. The van der Waals surface area contributed by atoms with Crippen LogP contribution in [0.15, 0.2) is 24.5 Å². The molecule has 0 aliphatic heterocycles. The summed E-state index contributed by atoms with van der Waals surface area (Å²) in [6, 6.07) is 4.25. The smallest absolute Gasteiger partial charge is 0.0477 e. The van der Waals surface area contributed by atoms with Crippen LogP contribution < -0.4 is 0 Å². The third kappa shape index (κ3) is 3.01. The van der Waals surface area contributed by atoms with Crippen LogP contribution in [-0.2, 0) is 0 Å². The first-order chi connectivity index (χ1) is 7.20. The van der Waals surface area contributed by atoms with Gasteiger partial charge in [-0.1, -0.05) is 13.0 Å². The minimum Gasteiger partial charge on any atom is -0.396 e. The molecule has 1 N–H and O–H groups in total. The molecular formula is C12H20N2O. The molecule has 0 saturated heterocycles. The highest BCUT2D eigenvalue weighted by atomic mass is 16.3. The fourth-order valence-electron chi connectivity index (χ4n) is 2.00. The van der Waals surface area contributed by atoms with Crippen LogP contribution in [-0.4, -0.2) is 35.7 Å². The molecular weight excluding hydrogens is 188 g/mol. The predicted molar refractivity (Wildman–Crippen MR) is 61.5 cm³/mol. The van der Waals surface area contributed by atoms with Gasteiger partial charge < -0.3 is 10.0 Å². The zero-order valence-electron chi connectivity index (χ0n) is 9.72. The van der Waals surface area contributed by atoms with E-state index in [-0.39, 0.29) is 18.6 Å². The molecule has 1 rings (SSSR count). The Bertz CT molecular complexity index is 270. The Kier molecular flexibility index (Phi) is 4.72. The molecule has 84 valence electrons. The number of hydrogen-bond donors (Lipinski definition) is 1. The average Bonchev–Trinajstić information content (AvgIpc) is 2.26. The highest BCUT2D eigenvalue weighted by Gasteiger charge is 2.23. The van der Waals surface area contributed by atoms with Crippen molar-refractivity contribution in [3.05, 3.63) is 30.1 Å².